The van der Waals surface area contributed by atoms with Gasteiger partial charge in [0, 0.05) is 24.7 Å². The second-order valence-electron chi connectivity index (χ2n) is 3.73. The molecule has 0 radical (unpaired) electrons. The van der Waals surface area contributed by atoms with Crippen LogP contribution in [0.5, 0.6) is 0 Å². The maximum Gasteiger partial charge on any atom is 0.196 e. The second kappa shape index (κ2) is 5.14. The highest BCUT2D eigenvalue weighted by Crippen LogP contribution is 2.23. The molecule has 0 bridgehead atoms. The normalized spacial score (nSPS) is 10.6. The summed E-state index contributed by atoms with van der Waals surface area (Å²) in [6, 6.07) is 0. The van der Waals surface area contributed by atoms with Crippen LogP contribution in [0.25, 0.3) is 4.96 Å². The molecule has 17 heavy (non-hydrogen) atoms. The van der Waals surface area contributed by atoms with Gasteiger partial charge in [-0.3, -0.25) is 9.20 Å². The minimum absolute atomic E-state index is 0.622. The Kier molecular flexibility index (Phi) is 3.58. The molecule has 0 amide bonds. The SMILES string of the molecule is C=CCN(CCC)c1nc2sccn2c1C=O. The molecule has 0 saturated carbocycles. The van der Waals surface area contributed by atoms with E-state index >= 15 is 0 Å². The van der Waals surface area contributed by atoms with Gasteiger partial charge in [-0.2, -0.15) is 0 Å². The third-order valence-corrected chi connectivity index (χ3v) is 3.29. The number of carbonyl (C=O) groups excluding carboxylic acids is 1. The molecule has 2 aromatic heterocycles. The van der Waals surface area contributed by atoms with Crippen molar-refractivity contribution in [1.82, 2.24) is 9.38 Å². The fourth-order valence-corrected chi connectivity index (χ4v) is 2.56. The van der Waals surface area contributed by atoms with Gasteiger partial charge in [-0.1, -0.05) is 13.0 Å². The summed E-state index contributed by atoms with van der Waals surface area (Å²) in [5, 5.41) is 1.93. The van der Waals surface area contributed by atoms with Gasteiger partial charge in [0.2, 0.25) is 0 Å². The van der Waals surface area contributed by atoms with Gasteiger partial charge in [0.15, 0.2) is 17.1 Å². The van der Waals surface area contributed by atoms with Crippen LogP contribution in [0.3, 0.4) is 0 Å². The number of rotatable bonds is 6. The number of nitrogens with zero attached hydrogens (tertiary/aromatic N) is 3. The zero-order chi connectivity index (χ0) is 12.3. The van der Waals surface area contributed by atoms with Crippen LogP contribution in [0.2, 0.25) is 0 Å². The average molecular weight is 249 g/mol. The van der Waals surface area contributed by atoms with Crippen molar-refractivity contribution >= 4 is 28.4 Å². The summed E-state index contributed by atoms with van der Waals surface area (Å²) >= 11 is 1.53. The van der Waals surface area contributed by atoms with Crippen molar-refractivity contribution in [3.8, 4) is 0 Å². The summed E-state index contributed by atoms with van der Waals surface area (Å²) in [4.78, 5) is 18.6. The number of hydrogen-bond donors (Lipinski definition) is 0. The molecule has 0 aliphatic rings. The van der Waals surface area contributed by atoms with Crippen LogP contribution in [0, 0.1) is 0 Å². The molecule has 4 nitrogen and oxygen atoms in total. The molecule has 0 saturated heterocycles. The first kappa shape index (κ1) is 11.9. The van der Waals surface area contributed by atoms with Gasteiger partial charge >= 0.3 is 0 Å². The van der Waals surface area contributed by atoms with E-state index in [1.54, 1.807) is 0 Å². The van der Waals surface area contributed by atoms with Crippen molar-refractivity contribution in [2.24, 2.45) is 0 Å². The Balaban J connectivity index is 2.46. The lowest BCUT2D eigenvalue weighted by molar-refractivity contribution is 0.111. The Labute approximate surface area is 104 Å². The van der Waals surface area contributed by atoms with Gasteiger partial charge in [-0.15, -0.1) is 17.9 Å². The van der Waals surface area contributed by atoms with Crippen LogP contribution in [0.1, 0.15) is 23.8 Å². The van der Waals surface area contributed by atoms with Gasteiger partial charge in [-0.05, 0) is 6.42 Å². The predicted molar refractivity (Wildman–Crippen MR) is 71.2 cm³/mol. The van der Waals surface area contributed by atoms with Crippen molar-refractivity contribution in [3.05, 3.63) is 29.9 Å². The largest absolute Gasteiger partial charge is 0.351 e. The van der Waals surface area contributed by atoms with Crippen molar-refractivity contribution < 1.29 is 4.79 Å². The number of imidazole rings is 1. The van der Waals surface area contributed by atoms with Gasteiger partial charge in [-0.25, -0.2) is 4.98 Å². The Bertz CT molecular complexity index is 529. The topological polar surface area (TPSA) is 37.6 Å². The van der Waals surface area contributed by atoms with Crippen molar-refractivity contribution in [2.45, 2.75) is 13.3 Å². The highest BCUT2D eigenvalue weighted by Gasteiger charge is 2.17. The monoisotopic (exact) mass is 249 g/mol. The molecule has 0 spiro atoms. The first-order chi connectivity index (χ1) is 8.31. The third kappa shape index (κ3) is 2.10. The van der Waals surface area contributed by atoms with Gasteiger partial charge < -0.3 is 4.90 Å². The fraction of sp³-hybridized carbons (Fsp3) is 0.333. The molecular weight excluding hydrogens is 234 g/mol. The van der Waals surface area contributed by atoms with E-state index in [9.17, 15) is 4.79 Å². The highest BCUT2D eigenvalue weighted by atomic mass is 32.1. The highest BCUT2D eigenvalue weighted by molar-refractivity contribution is 7.15. The van der Waals surface area contributed by atoms with Crippen LogP contribution >= 0.6 is 11.3 Å². The molecule has 0 atom stereocenters. The molecule has 5 heteroatoms. The molecule has 90 valence electrons. The summed E-state index contributed by atoms with van der Waals surface area (Å²) in [6.07, 6.45) is 5.58. The van der Waals surface area contributed by atoms with E-state index in [1.807, 2.05) is 22.1 Å². The van der Waals surface area contributed by atoms with Crippen LogP contribution in [-0.4, -0.2) is 28.8 Å². The first-order valence-corrected chi connectivity index (χ1v) is 6.46. The Hall–Kier alpha value is -1.62. The van der Waals surface area contributed by atoms with Crippen molar-refractivity contribution in [2.75, 3.05) is 18.0 Å². The Morgan fingerprint density at radius 1 is 1.65 bits per heavy atom. The lowest BCUT2D eigenvalue weighted by Crippen LogP contribution is -2.25. The number of aldehydes is 1. The van der Waals surface area contributed by atoms with Gasteiger partial charge in [0.25, 0.3) is 0 Å². The molecule has 0 fully saturated rings. The van der Waals surface area contributed by atoms with Crippen LogP contribution in [0.4, 0.5) is 5.82 Å². The van der Waals surface area contributed by atoms with Gasteiger partial charge in [0.05, 0.1) is 0 Å². The smallest absolute Gasteiger partial charge is 0.196 e. The summed E-state index contributed by atoms with van der Waals surface area (Å²) in [6.45, 7) is 7.43. The minimum atomic E-state index is 0.622. The number of fused-ring (bicyclic) bond motifs is 1. The van der Waals surface area contributed by atoms with Crippen molar-refractivity contribution in [1.29, 1.82) is 0 Å². The molecule has 2 heterocycles. The number of aromatic nitrogens is 2. The van der Waals surface area contributed by atoms with E-state index in [1.165, 1.54) is 11.3 Å². The lowest BCUT2D eigenvalue weighted by Gasteiger charge is -2.20. The lowest BCUT2D eigenvalue weighted by atomic mass is 10.3. The van der Waals surface area contributed by atoms with Gasteiger partial charge in [0.1, 0.15) is 5.69 Å². The quantitative estimate of drug-likeness (QED) is 0.583. The number of carbonyl (C=O) groups is 1. The van der Waals surface area contributed by atoms with E-state index < -0.39 is 0 Å². The zero-order valence-electron chi connectivity index (χ0n) is 9.80. The molecule has 2 rings (SSSR count). The summed E-state index contributed by atoms with van der Waals surface area (Å²) in [5.74, 6) is 0.758. The molecule has 0 unspecified atom stereocenters. The molecule has 0 aliphatic heterocycles. The standard InChI is InChI=1S/C12H15N3OS/c1-3-5-14(6-4-2)11-10(9-16)15-7-8-17-12(15)13-11/h3,7-9H,1,4-6H2,2H3. The molecule has 0 N–H and O–H groups in total. The number of thiazole rings is 1. The summed E-state index contributed by atoms with van der Waals surface area (Å²) in [7, 11) is 0. The number of hydrogen-bond acceptors (Lipinski definition) is 4. The molecule has 2 aromatic rings. The van der Waals surface area contributed by atoms with E-state index in [4.69, 9.17) is 0 Å². The molecule has 0 aliphatic carbocycles. The summed E-state index contributed by atoms with van der Waals surface area (Å²) < 4.78 is 1.83. The average Bonchev–Trinajstić information content (AvgIpc) is 2.87. The Morgan fingerprint density at radius 2 is 2.47 bits per heavy atom. The maximum absolute atomic E-state index is 11.2. The van der Waals surface area contributed by atoms with E-state index in [2.05, 4.69) is 23.4 Å². The van der Waals surface area contributed by atoms with Crippen LogP contribution in [0.15, 0.2) is 24.2 Å². The third-order valence-electron chi connectivity index (χ3n) is 2.53. The van der Waals surface area contributed by atoms with E-state index in [0.717, 1.165) is 30.0 Å². The van der Waals surface area contributed by atoms with E-state index in [0.29, 0.717) is 12.2 Å². The van der Waals surface area contributed by atoms with E-state index in [-0.39, 0.29) is 0 Å². The van der Waals surface area contributed by atoms with Crippen molar-refractivity contribution in [3.63, 3.8) is 0 Å². The number of anilines is 1. The Morgan fingerprint density at radius 3 is 3.12 bits per heavy atom. The summed E-state index contributed by atoms with van der Waals surface area (Å²) in [5.41, 5.74) is 0.622. The molecule has 0 aromatic carbocycles. The second-order valence-corrected chi connectivity index (χ2v) is 4.60. The first-order valence-electron chi connectivity index (χ1n) is 5.58. The van der Waals surface area contributed by atoms with Crippen LogP contribution in [-0.2, 0) is 0 Å². The minimum Gasteiger partial charge on any atom is -0.351 e. The maximum atomic E-state index is 11.2. The predicted octanol–water partition coefficient (Wildman–Crippen LogP) is 2.61. The fourth-order valence-electron chi connectivity index (χ4n) is 1.84. The zero-order valence-corrected chi connectivity index (χ0v) is 10.6. The molecular formula is C12H15N3OS. The van der Waals surface area contributed by atoms with Crippen LogP contribution < -0.4 is 4.90 Å².